The highest BCUT2D eigenvalue weighted by Crippen LogP contribution is 2.36. The van der Waals surface area contributed by atoms with E-state index in [0.717, 1.165) is 0 Å². The number of ether oxygens (including phenoxy) is 1. The zero-order valence-electron chi connectivity index (χ0n) is 14.1. The molecule has 4 nitrogen and oxygen atoms in total. The normalized spacial score (nSPS) is 19.0. The van der Waals surface area contributed by atoms with Crippen molar-refractivity contribution in [2.45, 2.75) is 36.4 Å². The molecule has 0 aliphatic carbocycles. The van der Waals surface area contributed by atoms with E-state index in [2.05, 4.69) is 0 Å². The van der Waals surface area contributed by atoms with Crippen LogP contribution in [-0.2, 0) is 10.0 Å². The van der Waals surface area contributed by atoms with Gasteiger partial charge in [-0.1, -0.05) is 30.2 Å². The van der Waals surface area contributed by atoms with E-state index in [4.69, 9.17) is 16.3 Å². The van der Waals surface area contributed by atoms with Gasteiger partial charge >= 0.3 is 6.18 Å². The number of halogens is 4. The molecule has 146 valence electrons. The van der Waals surface area contributed by atoms with E-state index in [1.165, 1.54) is 24.3 Å². The van der Waals surface area contributed by atoms with Crippen molar-refractivity contribution in [2.24, 2.45) is 0 Å². The largest absolute Gasteiger partial charge is 0.456 e. The monoisotopic (exact) mass is 419 g/mol. The van der Waals surface area contributed by atoms with E-state index in [9.17, 15) is 21.6 Å². The van der Waals surface area contributed by atoms with Gasteiger partial charge in [0, 0.05) is 6.54 Å². The summed E-state index contributed by atoms with van der Waals surface area (Å²) in [5.41, 5.74) is 0. The van der Waals surface area contributed by atoms with Crippen LogP contribution in [0.1, 0.15) is 19.3 Å². The molecule has 27 heavy (non-hydrogen) atoms. The first-order valence-corrected chi connectivity index (χ1v) is 10.1. The Hall–Kier alpha value is -1.77. The SMILES string of the molecule is O=S(=O)(c1ccc(Oc2ccccc2Cl)cc1)N1CCCCC1C(F)(F)F. The molecule has 1 heterocycles. The standard InChI is InChI=1S/C18H17ClF3NO3S/c19-15-5-1-2-6-16(15)26-13-8-10-14(11-9-13)27(24,25)23-12-4-3-7-17(23)18(20,21)22/h1-2,5-6,8-11,17H,3-4,7,12H2. The van der Waals surface area contributed by atoms with Crippen molar-refractivity contribution >= 4 is 21.6 Å². The van der Waals surface area contributed by atoms with Crippen molar-refractivity contribution in [1.29, 1.82) is 0 Å². The maximum atomic E-state index is 13.2. The van der Waals surface area contributed by atoms with E-state index in [-0.39, 0.29) is 17.9 Å². The Bertz CT molecular complexity index is 901. The molecule has 0 aromatic heterocycles. The Kier molecular flexibility index (Phi) is 5.69. The second-order valence-corrected chi connectivity index (χ2v) is 8.47. The number of piperidine rings is 1. The maximum Gasteiger partial charge on any atom is 0.405 e. The highest BCUT2D eigenvalue weighted by Gasteiger charge is 2.48. The van der Waals surface area contributed by atoms with Gasteiger partial charge in [-0.2, -0.15) is 17.5 Å². The van der Waals surface area contributed by atoms with Crippen LogP contribution in [0.25, 0.3) is 0 Å². The third kappa shape index (κ3) is 4.39. The molecule has 1 atom stereocenters. The van der Waals surface area contributed by atoms with Gasteiger partial charge < -0.3 is 4.74 Å². The molecule has 0 bridgehead atoms. The topological polar surface area (TPSA) is 46.6 Å². The molecule has 1 aliphatic heterocycles. The minimum atomic E-state index is -4.60. The summed E-state index contributed by atoms with van der Waals surface area (Å²) in [5, 5.41) is 0.385. The van der Waals surface area contributed by atoms with Gasteiger partial charge in [-0.3, -0.25) is 0 Å². The average Bonchev–Trinajstić information content (AvgIpc) is 2.63. The lowest BCUT2D eigenvalue weighted by Crippen LogP contribution is -2.51. The van der Waals surface area contributed by atoms with Gasteiger partial charge in [0.15, 0.2) is 0 Å². The molecular weight excluding hydrogens is 403 g/mol. The number of sulfonamides is 1. The van der Waals surface area contributed by atoms with E-state index in [0.29, 0.717) is 33.7 Å². The fourth-order valence-electron chi connectivity index (χ4n) is 2.99. The summed E-state index contributed by atoms with van der Waals surface area (Å²) in [7, 11) is -4.26. The highest BCUT2D eigenvalue weighted by molar-refractivity contribution is 7.89. The van der Waals surface area contributed by atoms with Crippen LogP contribution in [0, 0.1) is 0 Å². The van der Waals surface area contributed by atoms with Gasteiger partial charge in [-0.25, -0.2) is 8.42 Å². The molecule has 0 saturated carbocycles. The third-order valence-corrected chi connectivity index (χ3v) is 6.56. The van der Waals surface area contributed by atoms with Crippen molar-refractivity contribution in [1.82, 2.24) is 4.31 Å². The van der Waals surface area contributed by atoms with Gasteiger partial charge in [0.25, 0.3) is 0 Å². The Morgan fingerprint density at radius 2 is 1.70 bits per heavy atom. The zero-order valence-corrected chi connectivity index (χ0v) is 15.7. The van der Waals surface area contributed by atoms with Crippen LogP contribution in [0.2, 0.25) is 5.02 Å². The fourth-order valence-corrected chi connectivity index (χ4v) is 4.84. The van der Waals surface area contributed by atoms with Crippen molar-refractivity contribution in [3.63, 3.8) is 0 Å². The number of alkyl halides is 3. The van der Waals surface area contributed by atoms with Crippen LogP contribution in [0.4, 0.5) is 13.2 Å². The molecule has 0 radical (unpaired) electrons. The van der Waals surface area contributed by atoms with Crippen LogP contribution >= 0.6 is 11.6 Å². The van der Waals surface area contributed by atoms with Gasteiger partial charge in [-0.05, 0) is 49.2 Å². The number of para-hydroxylation sites is 1. The summed E-state index contributed by atoms with van der Waals surface area (Å²) in [6.07, 6.45) is -4.07. The van der Waals surface area contributed by atoms with Gasteiger partial charge in [-0.15, -0.1) is 0 Å². The summed E-state index contributed by atoms with van der Waals surface area (Å²) in [5.74, 6) is 0.719. The van der Waals surface area contributed by atoms with E-state index in [1.807, 2.05) is 0 Å². The molecule has 1 unspecified atom stereocenters. The van der Waals surface area contributed by atoms with Gasteiger partial charge in [0.2, 0.25) is 10.0 Å². The molecule has 0 amide bonds. The Balaban J connectivity index is 1.84. The van der Waals surface area contributed by atoms with Crippen molar-refractivity contribution in [2.75, 3.05) is 6.54 Å². The van der Waals surface area contributed by atoms with Crippen LogP contribution < -0.4 is 4.74 Å². The smallest absolute Gasteiger partial charge is 0.405 e. The Labute approximate surface area is 160 Å². The number of hydrogen-bond acceptors (Lipinski definition) is 3. The summed E-state index contributed by atoms with van der Waals surface area (Å²) in [6, 6.07) is 10.0. The molecule has 2 aromatic carbocycles. The summed E-state index contributed by atoms with van der Waals surface area (Å²) in [6.45, 7) is -0.148. The molecule has 3 rings (SSSR count). The number of rotatable bonds is 4. The van der Waals surface area contributed by atoms with E-state index < -0.39 is 22.2 Å². The summed E-state index contributed by atoms with van der Waals surface area (Å²) in [4.78, 5) is -0.204. The van der Waals surface area contributed by atoms with Crippen LogP contribution in [0.3, 0.4) is 0 Å². The van der Waals surface area contributed by atoms with Crippen LogP contribution in [-0.4, -0.2) is 31.5 Å². The number of nitrogens with zero attached hydrogens (tertiary/aromatic N) is 1. The minimum Gasteiger partial charge on any atom is -0.456 e. The predicted molar refractivity (Wildman–Crippen MR) is 95.6 cm³/mol. The first-order chi connectivity index (χ1) is 12.7. The molecule has 9 heteroatoms. The fraction of sp³-hybridized carbons (Fsp3) is 0.333. The quantitative estimate of drug-likeness (QED) is 0.681. The molecular formula is C18H17ClF3NO3S. The predicted octanol–water partition coefficient (Wildman–Crippen LogP) is 5.24. The summed E-state index contributed by atoms with van der Waals surface area (Å²) >= 11 is 6.00. The van der Waals surface area contributed by atoms with E-state index >= 15 is 0 Å². The highest BCUT2D eigenvalue weighted by atomic mass is 35.5. The first kappa shape index (κ1) is 20.0. The van der Waals surface area contributed by atoms with Gasteiger partial charge in [0.05, 0.1) is 9.92 Å². The molecule has 1 aliphatic rings. The molecule has 1 fully saturated rings. The average molecular weight is 420 g/mol. The second-order valence-electron chi connectivity index (χ2n) is 6.17. The van der Waals surface area contributed by atoms with Crippen molar-refractivity contribution in [3.05, 3.63) is 53.6 Å². The van der Waals surface area contributed by atoms with Gasteiger partial charge in [0.1, 0.15) is 17.5 Å². The zero-order chi connectivity index (χ0) is 19.7. The molecule has 0 spiro atoms. The lowest BCUT2D eigenvalue weighted by Gasteiger charge is -2.35. The minimum absolute atomic E-state index is 0.148. The van der Waals surface area contributed by atoms with Crippen LogP contribution in [0.5, 0.6) is 11.5 Å². The van der Waals surface area contributed by atoms with Crippen molar-refractivity contribution < 1.29 is 26.3 Å². The molecule has 0 N–H and O–H groups in total. The lowest BCUT2D eigenvalue weighted by atomic mass is 10.0. The third-order valence-electron chi connectivity index (χ3n) is 4.33. The van der Waals surface area contributed by atoms with Crippen molar-refractivity contribution in [3.8, 4) is 11.5 Å². The second kappa shape index (κ2) is 7.69. The maximum absolute atomic E-state index is 13.2. The Morgan fingerprint density at radius 3 is 2.33 bits per heavy atom. The lowest BCUT2D eigenvalue weighted by molar-refractivity contribution is -0.177. The summed E-state index contributed by atoms with van der Waals surface area (Å²) < 4.78 is 71.3. The number of hydrogen-bond donors (Lipinski definition) is 0. The number of benzene rings is 2. The molecule has 1 saturated heterocycles. The molecule has 2 aromatic rings. The first-order valence-electron chi connectivity index (χ1n) is 8.30. The van der Waals surface area contributed by atoms with E-state index in [1.54, 1.807) is 24.3 Å². The van der Waals surface area contributed by atoms with Crippen LogP contribution in [0.15, 0.2) is 53.4 Å². The Morgan fingerprint density at radius 1 is 1.04 bits per heavy atom.